The molecule has 7 aromatic carbocycles. The lowest BCUT2D eigenvalue weighted by Gasteiger charge is -2.42. The summed E-state index contributed by atoms with van der Waals surface area (Å²) >= 11 is 0. The van der Waals surface area contributed by atoms with Crippen molar-refractivity contribution >= 4 is 60.8 Å². The van der Waals surface area contributed by atoms with Crippen molar-refractivity contribution in [1.29, 1.82) is 0 Å². The first-order valence-corrected chi connectivity index (χ1v) is 18.8. The van der Waals surface area contributed by atoms with Crippen LogP contribution in [0.15, 0.2) is 162 Å². The highest BCUT2D eigenvalue weighted by atomic mass is 16.3. The van der Waals surface area contributed by atoms with Gasteiger partial charge in [-0.2, -0.15) is 0 Å². The zero-order chi connectivity index (χ0) is 35.9. The number of para-hydroxylation sites is 3. The van der Waals surface area contributed by atoms with Crippen molar-refractivity contribution in [2.75, 3.05) is 4.90 Å². The van der Waals surface area contributed by atoms with E-state index in [-0.39, 0.29) is 10.8 Å². The number of benzene rings is 7. The van der Waals surface area contributed by atoms with Gasteiger partial charge in [0.15, 0.2) is 0 Å². The maximum Gasteiger partial charge on any atom is 0.137 e. The number of aromatic nitrogens is 1. The van der Waals surface area contributed by atoms with E-state index < -0.39 is 0 Å². The molecule has 10 rings (SSSR count). The van der Waals surface area contributed by atoms with E-state index in [1.54, 1.807) is 0 Å². The molecular formula is C50H42N2O. The van der Waals surface area contributed by atoms with Crippen molar-refractivity contribution in [3.63, 3.8) is 0 Å². The molecule has 0 N–H and O–H groups in total. The van der Waals surface area contributed by atoms with E-state index >= 15 is 0 Å². The lowest BCUT2D eigenvalue weighted by atomic mass is 9.63. The average Bonchev–Trinajstić information content (AvgIpc) is 3.72. The minimum absolute atomic E-state index is 0.148. The van der Waals surface area contributed by atoms with E-state index in [2.05, 4.69) is 183 Å². The fourth-order valence-electron chi connectivity index (χ4n) is 8.83. The van der Waals surface area contributed by atoms with Gasteiger partial charge in [-0.1, -0.05) is 107 Å². The fourth-order valence-corrected chi connectivity index (χ4v) is 8.83. The molecule has 0 bridgehead atoms. The van der Waals surface area contributed by atoms with Crippen molar-refractivity contribution in [2.24, 2.45) is 0 Å². The number of nitrogens with zero attached hydrogens (tertiary/aromatic N) is 2. The quantitative estimate of drug-likeness (QED) is 0.180. The third kappa shape index (κ3) is 5.10. The summed E-state index contributed by atoms with van der Waals surface area (Å²) in [6.45, 7) is 9.62. The highest BCUT2D eigenvalue weighted by Crippen LogP contribution is 2.47. The molecule has 258 valence electrons. The Hall–Kier alpha value is -6.06. The summed E-state index contributed by atoms with van der Waals surface area (Å²) in [5.41, 5.74) is 14.4. The highest BCUT2D eigenvalue weighted by molar-refractivity contribution is 6.10. The molecule has 0 saturated carbocycles. The second-order valence-electron chi connectivity index (χ2n) is 16.1. The van der Waals surface area contributed by atoms with Crippen LogP contribution in [0.2, 0.25) is 0 Å². The zero-order valence-electron chi connectivity index (χ0n) is 30.7. The molecule has 0 spiro atoms. The fraction of sp³-hybridized carbons (Fsp3) is 0.160. The number of anilines is 3. The molecule has 0 aliphatic heterocycles. The summed E-state index contributed by atoms with van der Waals surface area (Å²) in [5.74, 6) is 0. The predicted molar refractivity (Wildman–Crippen MR) is 223 cm³/mol. The summed E-state index contributed by atoms with van der Waals surface area (Å²) in [7, 11) is 0. The first-order valence-electron chi connectivity index (χ1n) is 18.8. The maximum atomic E-state index is 6.30. The number of hydrogen-bond donors (Lipinski definition) is 0. The second kappa shape index (κ2) is 11.7. The van der Waals surface area contributed by atoms with Gasteiger partial charge < -0.3 is 13.9 Å². The predicted octanol–water partition coefficient (Wildman–Crippen LogP) is 14.2. The molecule has 0 fully saturated rings. The minimum atomic E-state index is 0.148. The zero-order valence-corrected chi connectivity index (χ0v) is 30.7. The van der Waals surface area contributed by atoms with Crippen LogP contribution < -0.4 is 4.90 Å². The summed E-state index contributed by atoms with van der Waals surface area (Å²) in [6.07, 6.45) is 2.42. The third-order valence-electron chi connectivity index (χ3n) is 11.9. The molecule has 2 heterocycles. The summed E-state index contributed by atoms with van der Waals surface area (Å²) < 4.78 is 8.77. The van der Waals surface area contributed by atoms with E-state index in [0.29, 0.717) is 0 Å². The van der Waals surface area contributed by atoms with Gasteiger partial charge in [-0.15, -0.1) is 0 Å². The summed E-state index contributed by atoms with van der Waals surface area (Å²) in [5, 5.41) is 4.81. The third-order valence-corrected chi connectivity index (χ3v) is 11.9. The Bertz CT molecular complexity index is 2830. The van der Waals surface area contributed by atoms with Crippen LogP contribution in [0.4, 0.5) is 17.1 Å². The minimum Gasteiger partial charge on any atom is -0.456 e. The molecule has 0 radical (unpaired) electrons. The Morgan fingerprint density at radius 2 is 1.08 bits per heavy atom. The first kappa shape index (κ1) is 31.7. The summed E-state index contributed by atoms with van der Waals surface area (Å²) in [6, 6.07) is 57.3. The van der Waals surface area contributed by atoms with E-state index in [1.807, 2.05) is 12.1 Å². The second-order valence-corrected chi connectivity index (χ2v) is 16.1. The molecule has 0 amide bonds. The molecular weight excluding hydrogens is 645 g/mol. The van der Waals surface area contributed by atoms with Crippen LogP contribution in [0.5, 0.6) is 0 Å². The Kier molecular flexibility index (Phi) is 7.01. The van der Waals surface area contributed by atoms with Gasteiger partial charge in [0, 0.05) is 50.4 Å². The topological polar surface area (TPSA) is 21.3 Å². The monoisotopic (exact) mass is 686 g/mol. The molecule has 1 aliphatic rings. The van der Waals surface area contributed by atoms with Crippen molar-refractivity contribution in [3.05, 3.63) is 169 Å². The Labute approximate surface area is 310 Å². The van der Waals surface area contributed by atoms with Gasteiger partial charge in [-0.25, -0.2) is 0 Å². The van der Waals surface area contributed by atoms with Crippen molar-refractivity contribution < 1.29 is 4.42 Å². The van der Waals surface area contributed by atoms with E-state index in [4.69, 9.17) is 4.42 Å². The van der Waals surface area contributed by atoms with Gasteiger partial charge in [0.05, 0.1) is 11.0 Å². The van der Waals surface area contributed by atoms with Crippen LogP contribution in [0.1, 0.15) is 51.7 Å². The van der Waals surface area contributed by atoms with E-state index in [9.17, 15) is 0 Å². The Balaban J connectivity index is 1.05. The SMILES string of the molecule is CC1(C)CCC(C)(C)c2cc(-n3c4ccccc4c4cc(-c5ccc(N(c6ccccc6)c6ccc7c(c6)oc6ccccc67)cc5)ccc43)ccc21. The smallest absolute Gasteiger partial charge is 0.137 e. The lowest BCUT2D eigenvalue weighted by molar-refractivity contribution is 0.332. The van der Waals surface area contributed by atoms with Crippen LogP contribution in [0, 0.1) is 0 Å². The molecule has 2 aromatic heterocycles. The van der Waals surface area contributed by atoms with Crippen molar-refractivity contribution in [3.8, 4) is 16.8 Å². The number of furan rings is 1. The Morgan fingerprint density at radius 3 is 1.89 bits per heavy atom. The van der Waals surface area contributed by atoms with E-state index in [1.165, 1.54) is 62.6 Å². The van der Waals surface area contributed by atoms with Gasteiger partial charge in [-0.3, -0.25) is 0 Å². The maximum absolute atomic E-state index is 6.30. The molecule has 0 saturated heterocycles. The lowest BCUT2D eigenvalue weighted by Crippen LogP contribution is -2.33. The van der Waals surface area contributed by atoms with Crippen LogP contribution in [-0.4, -0.2) is 4.57 Å². The van der Waals surface area contributed by atoms with Crippen LogP contribution in [0.3, 0.4) is 0 Å². The molecule has 3 heteroatoms. The largest absolute Gasteiger partial charge is 0.456 e. The molecule has 1 aliphatic carbocycles. The van der Waals surface area contributed by atoms with Gasteiger partial charge >= 0.3 is 0 Å². The standard InChI is InChI=1S/C50H42N2O/c1-49(2)28-29-50(3,4)44-31-37(24-26-43(44)49)52-45-16-10-8-14-39(45)42-30-34(20-27-46(42)52)33-18-21-36(22-19-33)51(35-12-6-5-7-13-35)38-23-25-41-40-15-9-11-17-47(40)53-48(41)32-38/h5-27,30-32H,28-29H2,1-4H3. The van der Waals surface area contributed by atoms with E-state index in [0.717, 1.165) is 39.0 Å². The van der Waals surface area contributed by atoms with Gasteiger partial charge in [0.2, 0.25) is 0 Å². The van der Waals surface area contributed by atoms with Crippen LogP contribution >= 0.6 is 0 Å². The molecule has 53 heavy (non-hydrogen) atoms. The highest BCUT2D eigenvalue weighted by Gasteiger charge is 2.37. The number of rotatable bonds is 5. The van der Waals surface area contributed by atoms with Crippen LogP contribution in [-0.2, 0) is 10.8 Å². The van der Waals surface area contributed by atoms with Crippen molar-refractivity contribution in [2.45, 2.75) is 51.4 Å². The van der Waals surface area contributed by atoms with Crippen molar-refractivity contribution in [1.82, 2.24) is 4.57 Å². The molecule has 3 nitrogen and oxygen atoms in total. The first-order chi connectivity index (χ1) is 25.7. The summed E-state index contributed by atoms with van der Waals surface area (Å²) in [4.78, 5) is 2.30. The van der Waals surface area contributed by atoms with Gasteiger partial charge in [0.25, 0.3) is 0 Å². The van der Waals surface area contributed by atoms with Gasteiger partial charge in [-0.05, 0) is 119 Å². The Morgan fingerprint density at radius 1 is 0.453 bits per heavy atom. The normalized spacial score (nSPS) is 14.9. The molecule has 0 atom stereocenters. The molecule has 0 unspecified atom stereocenters. The number of hydrogen-bond acceptors (Lipinski definition) is 2. The van der Waals surface area contributed by atoms with Gasteiger partial charge in [0.1, 0.15) is 11.2 Å². The molecule has 9 aromatic rings. The van der Waals surface area contributed by atoms with Crippen LogP contribution in [0.25, 0.3) is 60.6 Å². The average molecular weight is 687 g/mol. The number of fused-ring (bicyclic) bond motifs is 7.